The standard InChI is InChI=1S/C21H26FN3O3S/c1-24-13-11-18(12-14-24)23-21(26)17-9-7-16(8-10-17)15-25(29(2,27)28)20-6-4-3-5-19(20)22/h3-10,18H,11-15H2,1-2H3,(H,23,26). The Kier molecular flexibility index (Phi) is 6.54. The zero-order chi connectivity index (χ0) is 21.0. The van der Waals surface area contributed by atoms with E-state index in [-0.39, 0.29) is 24.2 Å². The lowest BCUT2D eigenvalue weighted by molar-refractivity contribution is 0.0917. The molecular formula is C21H26FN3O3S. The number of likely N-dealkylation sites (tertiary alicyclic amines) is 1. The van der Waals surface area contributed by atoms with Crippen LogP contribution in [0.3, 0.4) is 0 Å². The Bertz CT molecular complexity index is 955. The summed E-state index contributed by atoms with van der Waals surface area (Å²) in [5.41, 5.74) is 1.18. The van der Waals surface area contributed by atoms with Crippen LogP contribution in [0, 0.1) is 5.82 Å². The van der Waals surface area contributed by atoms with Crippen molar-refractivity contribution in [1.82, 2.24) is 10.2 Å². The number of piperidine rings is 1. The van der Waals surface area contributed by atoms with Crippen molar-refractivity contribution in [3.05, 3.63) is 65.5 Å². The summed E-state index contributed by atoms with van der Waals surface area (Å²) >= 11 is 0. The van der Waals surface area contributed by atoms with E-state index in [2.05, 4.69) is 17.3 Å². The summed E-state index contributed by atoms with van der Waals surface area (Å²) < 4.78 is 39.6. The molecule has 0 unspecified atom stereocenters. The number of carbonyl (C=O) groups is 1. The molecule has 2 aromatic carbocycles. The molecule has 1 heterocycles. The van der Waals surface area contributed by atoms with Crippen LogP contribution in [0.4, 0.5) is 10.1 Å². The largest absolute Gasteiger partial charge is 0.349 e. The van der Waals surface area contributed by atoms with Crippen molar-refractivity contribution in [2.45, 2.75) is 25.4 Å². The molecule has 8 heteroatoms. The van der Waals surface area contributed by atoms with Crippen LogP contribution in [0.1, 0.15) is 28.8 Å². The SMILES string of the molecule is CN1CCC(NC(=O)c2ccc(CN(c3ccccc3F)S(C)(=O)=O)cc2)CC1. The molecule has 0 saturated carbocycles. The van der Waals surface area contributed by atoms with Gasteiger partial charge in [0.2, 0.25) is 10.0 Å². The highest BCUT2D eigenvalue weighted by Gasteiger charge is 2.22. The molecule has 1 fully saturated rings. The monoisotopic (exact) mass is 419 g/mol. The fraction of sp³-hybridized carbons (Fsp3) is 0.381. The molecule has 2 aromatic rings. The first-order chi connectivity index (χ1) is 13.7. The first kappa shape index (κ1) is 21.3. The summed E-state index contributed by atoms with van der Waals surface area (Å²) in [7, 11) is -1.61. The van der Waals surface area contributed by atoms with Crippen LogP contribution in [-0.4, -0.2) is 51.7 Å². The molecule has 156 valence electrons. The van der Waals surface area contributed by atoms with E-state index in [0.29, 0.717) is 11.1 Å². The van der Waals surface area contributed by atoms with Crippen LogP contribution in [0.25, 0.3) is 0 Å². The smallest absolute Gasteiger partial charge is 0.251 e. The second-order valence-corrected chi connectivity index (χ2v) is 9.38. The molecular weight excluding hydrogens is 393 g/mol. The molecule has 1 aliphatic heterocycles. The summed E-state index contributed by atoms with van der Waals surface area (Å²) in [5.74, 6) is -0.743. The van der Waals surface area contributed by atoms with E-state index in [1.165, 1.54) is 18.2 Å². The van der Waals surface area contributed by atoms with Crippen molar-refractivity contribution < 1.29 is 17.6 Å². The highest BCUT2D eigenvalue weighted by Crippen LogP contribution is 2.24. The third-order valence-corrected chi connectivity index (χ3v) is 6.24. The van der Waals surface area contributed by atoms with E-state index in [0.717, 1.165) is 36.5 Å². The number of benzene rings is 2. The number of hydrogen-bond donors (Lipinski definition) is 1. The minimum Gasteiger partial charge on any atom is -0.349 e. The number of nitrogens with zero attached hydrogens (tertiary/aromatic N) is 2. The molecule has 3 rings (SSSR count). The molecule has 6 nitrogen and oxygen atoms in total. The molecule has 29 heavy (non-hydrogen) atoms. The van der Waals surface area contributed by atoms with Gasteiger partial charge in [-0.25, -0.2) is 12.8 Å². The number of halogens is 1. The molecule has 0 spiro atoms. The lowest BCUT2D eigenvalue weighted by atomic mass is 10.0. The van der Waals surface area contributed by atoms with E-state index in [1.807, 2.05) is 0 Å². The molecule has 0 bridgehead atoms. The van der Waals surface area contributed by atoms with Crippen molar-refractivity contribution in [3.8, 4) is 0 Å². The van der Waals surface area contributed by atoms with Gasteiger partial charge in [0.25, 0.3) is 5.91 Å². The quantitative estimate of drug-likeness (QED) is 0.782. The Labute approximate surface area is 171 Å². The summed E-state index contributed by atoms with van der Waals surface area (Å²) in [5, 5.41) is 3.05. The Morgan fingerprint density at radius 2 is 1.76 bits per heavy atom. The molecule has 1 N–H and O–H groups in total. The highest BCUT2D eigenvalue weighted by molar-refractivity contribution is 7.92. The Morgan fingerprint density at radius 3 is 2.34 bits per heavy atom. The first-order valence-corrected chi connectivity index (χ1v) is 11.4. The molecule has 0 atom stereocenters. The maximum absolute atomic E-state index is 14.1. The number of anilines is 1. The zero-order valence-electron chi connectivity index (χ0n) is 16.6. The van der Waals surface area contributed by atoms with Crippen LogP contribution in [-0.2, 0) is 16.6 Å². The third-order valence-electron chi connectivity index (χ3n) is 5.12. The van der Waals surface area contributed by atoms with Crippen molar-refractivity contribution in [2.24, 2.45) is 0 Å². The van der Waals surface area contributed by atoms with Crippen LogP contribution < -0.4 is 9.62 Å². The normalized spacial score (nSPS) is 15.8. The molecule has 0 aliphatic carbocycles. The number of carbonyl (C=O) groups excluding carboxylic acids is 1. The lowest BCUT2D eigenvalue weighted by Gasteiger charge is -2.29. The average Bonchev–Trinajstić information content (AvgIpc) is 2.68. The van der Waals surface area contributed by atoms with E-state index < -0.39 is 15.8 Å². The first-order valence-electron chi connectivity index (χ1n) is 9.54. The zero-order valence-corrected chi connectivity index (χ0v) is 17.5. The van der Waals surface area contributed by atoms with Gasteiger partial charge in [0.05, 0.1) is 18.5 Å². The number of nitrogens with one attached hydrogen (secondary N) is 1. The maximum Gasteiger partial charge on any atom is 0.251 e. The van der Waals surface area contributed by atoms with Gasteiger partial charge in [-0.3, -0.25) is 9.10 Å². The summed E-state index contributed by atoms with van der Waals surface area (Å²) in [6.07, 6.45) is 2.89. The molecule has 1 amide bonds. The average molecular weight is 420 g/mol. The van der Waals surface area contributed by atoms with E-state index >= 15 is 0 Å². The van der Waals surface area contributed by atoms with Crippen LogP contribution in [0.2, 0.25) is 0 Å². The minimum atomic E-state index is -3.68. The topological polar surface area (TPSA) is 69.7 Å². The minimum absolute atomic E-state index is 0.000846. The summed E-state index contributed by atoms with van der Waals surface area (Å²) in [6.45, 7) is 1.90. The number of para-hydroxylation sites is 1. The molecule has 0 radical (unpaired) electrons. The Balaban J connectivity index is 1.70. The number of hydrogen-bond acceptors (Lipinski definition) is 4. The second kappa shape index (κ2) is 8.92. The van der Waals surface area contributed by atoms with Gasteiger partial charge >= 0.3 is 0 Å². The van der Waals surface area contributed by atoms with Crippen molar-refractivity contribution >= 4 is 21.6 Å². The van der Waals surface area contributed by atoms with Gasteiger partial charge in [0.1, 0.15) is 5.82 Å². The van der Waals surface area contributed by atoms with Crippen molar-refractivity contribution in [1.29, 1.82) is 0 Å². The van der Waals surface area contributed by atoms with E-state index in [9.17, 15) is 17.6 Å². The van der Waals surface area contributed by atoms with Gasteiger partial charge in [-0.15, -0.1) is 0 Å². The summed E-state index contributed by atoms with van der Waals surface area (Å²) in [6, 6.07) is 12.7. The maximum atomic E-state index is 14.1. The summed E-state index contributed by atoms with van der Waals surface area (Å²) in [4.78, 5) is 14.7. The van der Waals surface area contributed by atoms with Gasteiger partial charge < -0.3 is 10.2 Å². The van der Waals surface area contributed by atoms with Crippen molar-refractivity contribution in [3.63, 3.8) is 0 Å². The van der Waals surface area contributed by atoms with Crippen LogP contribution in [0.5, 0.6) is 0 Å². The highest BCUT2D eigenvalue weighted by atomic mass is 32.2. The van der Waals surface area contributed by atoms with Gasteiger partial charge in [0, 0.05) is 11.6 Å². The van der Waals surface area contributed by atoms with Gasteiger partial charge in [-0.1, -0.05) is 24.3 Å². The van der Waals surface area contributed by atoms with Crippen LogP contribution >= 0.6 is 0 Å². The third kappa shape index (κ3) is 5.55. The number of amides is 1. The fourth-order valence-corrected chi connectivity index (χ4v) is 4.27. The second-order valence-electron chi connectivity index (χ2n) is 7.47. The number of sulfonamides is 1. The molecule has 1 aliphatic rings. The lowest BCUT2D eigenvalue weighted by Crippen LogP contribution is -2.43. The molecule has 1 saturated heterocycles. The fourth-order valence-electron chi connectivity index (χ4n) is 3.38. The Hall–Kier alpha value is -2.45. The molecule has 0 aromatic heterocycles. The number of rotatable bonds is 6. The van der Waals surface area contributed by atoms with E-state index in [4.69, 9.17) is 0 Å². The van der Waals surface area contributed by atoms with Gasteiger partial charge in [0.15, 0.2) is 0 Å². The Morgan fingerprint density at radius 1 is 1.14 bits per heavy atom. The van der Waals surface area contributed by atoms with Crippen LogP contribution in [0.15, 0.2) is 48.5 Å². The van der Waals surface area contributed by atoms with E-state index in [1.54, 1.807) is 30.3 Å². The van der Waals surface area contributed by atoms with Gasteiger partial charge in [-0.2, -0.15) is 0 Å². The van der Waals surface area contributed by atoms with Crippen molar-refractivity contribution in [2.75, 3.05) is 30.7 Å². The van der Waals surface area contributed by atoms with Gasteiger partial charge in [-0.05, 0) is 62.8 Å². The predicted octanol–water partition coefficient (Wildman–Crippen LogP) is 2.62. The predicted molar refractivity (Wildman–Crippen MR) is 112 cm³/mol.